The minimum absolute atomic E-state index is 0.533. The molecule has 0 N–H and O–H groups in total. The van der Waals surface area contributed by atoms with E-state index in [0.29, 0.717) is 5.41 Å². The third-order valence-electron chi connectivity index (χ3n) is 4.35. The molecule has 1 heterocycles. The Labute approximate surface area is 88.9 Å². The molecule has 2 aliphatic rings. The predicted octanol–water partition coefficient (Wildman–Crippen LogP) is 3.30. The summed E-state index contributed by atoms with van der Waals surface area (Å²) in [7, 11) is 0. The van der Waals surface area contributed by atoms with Gasteiger partial charge in [-0.15, -0.1) is 0 Å². The number of likely N-dealkylation sites (tertiary alicyclic amines) is 1. The minimum Gasteiger partial charge on any atom is -0.300 e. The number of nitrogens with zero attached hydrogens (tertiary/aromatic N) is 1. The summed E-state index contributed by atoms with van der Waals surface area (Å²) in [5.74, 6) is 0.957. The number of hydrogen-bond donors (Lipinski definition) is 0. The molecule has 0 aromatic carbocycles. The van der Waals surface area contributed by atoms with Crippen LogP contribution >= 0.6 is 0 Å². The zero-order valence-corrected chi connectivity index (χ0v) is 10.1. The van der Waals surface area contributed by atoms with Crippen LogP contribution in [0.3, 0.4) is 0 Å². The summed E-state index contributed by atoms with van der Waals surface area (Å²) >= 11 is 0. The van der Waals surface area contributed by atoms with E-state index in [0.717, 1.165) is 12.0 Å². The molecule has 0 unspecified atom stereocenters. The molecule has 1 saturated heterocycles. The van der Waals surface area contributed by atoms with Crippen molar-refractivity contribution in [2.24, 2.45) is 11.3 Å². The molecule has 2 rings (SSSR count). The van der Waals surface area contributed by atoms with Crippen molar-refractivity contribution in [2.75, 3.05) is 13.1 Å². The summed E-state index contributed by atoms with van der Waals surface area (Å²) in [4.78, 5) is 2.74. The van der Waals surface area contributed by atoms with Gasteiger partial charge in [0.25, 0.3) is 0 Å². The molecule has 0 aromatic heterocycles. The van der Waals surface area contributed by atoms with Gasteiger partial charge in [-0.3, -0.25) is 0 Å². The Morgan fingerprint density at radius 2 is 1.50 bits per heavy atom. The molecule has 82 valence electrons. The summed E-state index contributed by atoms with van der Waals surface area (Å²) in [6, 6.07) is 0.968. The van der Waals surface area contributed by atoms with Crippen LogP contribution in [0.2, 0.25) is 0 Å². The van der Waals surface area contributed by atoms with Crippen LogP contribution in [0, 0.1) is 11.3 Å². The Hall–Kier alpha value is -0.0400. The second-order valence-electron chi connectivity index (χ2n) is 6.26. The van der Waals surface area contributed by atoms with Gasteiger partial charge >= 0.3 is 0 Å². The SMILES string of the molecule is CC(C)(C)C1CCN(C2CCC2)CC1. The van der Waals surface area contributed by atoms with E-state index in [4.69, 9.17) is 0 Å². The quantitative estimate of drug-likeness (QED) is 0.620. The van der Waals surface area contributed by atoms with Crippen LogP contribution in [0.5, 0.6) is 0 Å². The molecule has 0 spiro atoms. The normalized spacial score (nSPS) is 27.6. The lowest BCUT2D eigenvalue weighted by atomic mass is 9.74. The molecule has 0 amide bonds. The van der Waals surface area contributed by atoms with Crippen molar-refractivity contribution in [3.05, 3.63) is 0 Å². The van der Waals surface area contributed by atoms with Gasteiger partial charge in [-0.2, -0.15) is 0 Å². The van der Waals surface area contributed by atoms with Gasteiger partial charge < -0.3 is 4.90 Å². The van der Waals surface area contributed by atoms with Crippen molar-refractivity contribution >= 4 is 0 Å². The Morgan fingerprint density at radius 1 is 0.929 bits per heavy atom. The Bertz CT molecular complexity index is 180. The molecule has 0 aromatic rings. The van der Waals surface area contributed by atoms with Crippen LogP contribution < -0.4 is 0 Å². The molecule has 0 bridgehead atoms. The van der Waals surface area contributed by atoms with E-state index >= 15 is 0 Å². The van der Waals surface area contributed by atoms with Gasteiger partial charge in [0.15, 0.2) is 0 Å². The van der Waals surface area contributed by atoms with E-state index in [1.165, 1.54) is 45.2 Å². The summed E-state index contributed by atoms with van der Waals surface area (Å²) < 4.78 is 0. The monoisotopic (exact) mass is 195 g/mol. The maximum Gasteiger partial charge on any atom is 0.00952 e. The molecule has 1 aliphatic heterocycles. The van der Waals surface area contributed by atoms with Crippen molar-refractivity contribution in [1.82, 2.24) is 4.90 Å². The maximum absolute atomic E-state index is 2.74. The zero-order chi connectivity index (χ0) is 10.2. The highest BCUT2D eigenvalue weighted by molar-refractivity contribution is 4.86. The average molecular weight is 195 g/mol. The summed E-state index contributed by atoms with van der Waals surface area (Å²) in [6.45, 7) is 9.93. The van der Waals surface area contributed by atoms with Crippen LogP contribution in [0.15, 0.2) is 0 Å². The molecular formula is C13H25N. The van der Waals surface area contributed by atoms with Gasteiger partial charge in [-0.05, 0) is 50.1 Å². The molecule has 0 radical (unpaired) electrons. The van der Waals surface area contributed by atoms with Gasteiger partial charge in [0.2, 0.25) is 0 Å². The molecule has 1 aliphatic carbocycles. The molecular weight excluding hydrogens is 170 g/mol. The summed E-state index contributed by atoms with van der Waals surface area (Å²) in [6.07, 6.45) is 7.28. The first-order valence-corrected chi connectivity index (χ1v) is 6.31. The number of rotatable bonds is 1. The Kier molecular flexibility index (Phi) is 2.88. The second kappa shape index (κ2) is 3.84. The molecule has 2 fully saturated rings. The molecule has 0 atom stereocenters. The van der Waals surface area contributed by atoms with E-state index in [1.54, 1.807) is 0 Å². The summed E-state index contributed by atoms with van der Waals surface area (Å²) in [5.41, 5.74) is 0.533. The highest BCUT2D eigenvalue weighted by Crippen LogP contribution is 2.36. The highest BCUT2D eigenvalue weighted by atomic mass is 15.2. The van der Waals surface area contributed by atoms with Crippen LogP contribution in [0.25, 0.3) is 0 Å². The first-order chi connectivity index (χ1) is 6.57. The van der Waals surface area contributed by atoms with Crippen LogP contribution in [-0.4, -0.2) is 24.0 Å². The lowest BCUT2D eigenvalue weighted by molar-refractivity contribution is 0.0533. The molecule has 1 saturated carbocycles. The van der Waals surface area contributed by atoms with E-state index in [2.05, 4.69) is 25.7 Å². The number of hydrogen-bond acceptors (Lipinski definition) is 1. The van der Waals surface area contributed by atoms with E-state index in [9.17, 15) is 0 Å². The first-order valence-electron chi connectivity index (χ1n) is 6.31. The standard InChI is InChI=1S/C13H25N/c1-13(2,3)11-7-9-14(10-8-11)12-5-4-6-12/h11-12H,4-10H2,1-3H3. The van der Waals surface area contributed by atoms with Crippen molar-refractivity contribution in [3.63, 3.8) is 0 Å². The Balaban J connectivity index is 1.80. The van der Waals surface area contributed by atoms with E-state index < -0.39 is 0 Å². The first kappa shape index (κ1) is 10.5. The smallest absolute Gasteiger partial charge is 0.00952 e. The molecule has 1 heteroatoms. The zero-order valence-electron chi connectivity index (χ0n) is 10.1. The Morgan fingerprint density at radius 3 is 1.86 bits per heavy atom. The van der Waals surface area contributed by atoms with Gasteiger partial charge in [-0.1, -0.05) is 27.2 Å². The number of piperidine rings is 1. The van der Waals surface area contributed by atoms with Crippen molar-refractivity contribution in [3.8, 4) is 0 Å². The van der Waals surface area contributed by atoms with Crippen LogP contribution in [0.4, 0.5) is 0 Å². The molecule has 1 nitrogen and oxygen atoms in total. The summed E-state index contributed by atoms with van der Waals surface area (Å²) in [5, 5.41) is 0. The molecule has 14 heavy (non-hydrogen) atoms. The van der Waals surface area contributed by atoms with Gasteiger partial charge in [0.1, 0.15) is 0 Å². The van der Waals surface area contributed by atoms with Crippen LogP contribution in [-0.2, 0) is 0 Å². The van der Waals surface area contributed by atoms with E-state index in [1.807, 2.05) is 0 Å². The van der Waals surface area contributed by atoms with Crippen LogP contribution in [0.1, 0.15) is 52.9 Å². The topological polar surface area (TPSA) is 3.24 Å². The minimum atomic E-state index is 0.533. The van der Waals surface area contributed by atoms with Gasteiger partial charge in [0, 0.05) is 6.04 Å². The van der Waals surface area contributed by atoms with Crippen molar-refractivity contribution < 1.29 is 0 Å². The lowest BCUT2D eigenvalue weighted by Crippen LogP contribution is -2.46. The van der Waals surface area contributed by atoms with Gasteiger partial charge in [-0.25, -0.2) is 0 Å². The van der Waals surface area contributed by atoms with E-state index in [-0.39, 0.29) is 0 Å². The largest absolute Gasteiger partial charge is 0.300 e. The maximum atomic E-state index is 2.74. The fourth-order valence-electron chi connectivity index (χ4n) is 2.88. The predicted molar refractivity (Wildman–Crippen MR) is 61.4 cm³/mol. The average Bonchev–Trinajstić information content (AvgIpc) is 2.00. The fraction of sp³-hybridized carbons (Fsp3) is 1.00. The van der Waals surface area contributed by atoms with Crippen molar-refractivity contribution in [2.45, 2.75) is 58.9 Å². The second-order valence-corrected chi connectivity index (χ2v) is 6.26. The fourth-order valence-corrected chi connectivity index (χ4v) is 2.88. The third-order valence-corrected chi connectivity index (χ3v) is 4.35. The highest BCUT2D eigenvalue weighted by Gasteiger charge is 2.32. The third kappa shape index (κ3) is 2.13. The van der Waals surface area contributed by atoms with Crippen molar-refractivity contribution in [1.29, 1.82) is 0 Å². The van der Waals surface area contributed by atoms with Gasteiger partial charge in [0.05, 0.1) is 0 Å². The lowest BCUT2D eigenvalue weighted by Gasteiger charge is -2.44.